The molecule has 0 aliphatic carbocycles. The van der Waals surface area contributed by atoms with Gasteiger partial charge in [0.2, 0.25) is 0 Å². The third kappa shape index (κ3) is 5.13. The van der Waals surface area contributed by atoms with E-state index in [1.54, 1.807) is 0 Å². The predicted molar refractivity (Wildman–Crippen MR) is 131 cm³/mol. The van der Waals surface area contributed by atoms with E-state index in [2.05, 4.69) is 91.5 Å². The predicted octanol–water partition coefficient (Wildman–Crippen LogP) is 6.81. The van der Waals surface area contributed by atoms with Gasteiger partial charge in [0.1, 0.15) is 0 Å². The second-order valence-corrected chi connectivity index (χ2v) is 12.6. The monoisotopic (exact) mass is 558 g/mol. The highest BCUT2D eigenvalue weighted by Crippen LogP contribution is 2.16. The lowest BCUT2D eigenvalue weighted by molar-refractivity contribution is 1.31. The van der Waals surface area contributed by atoms with E-state index in [-0.39, 0.29) is 3.18 Å². The third-order valence-corrected chi connectivity index (χ3v) is 4.04. The first-order valence-electron chi connectivity index (χ1n) is 8.50. The molecule has 0 radical (unpaired) electrons. The molecule has 5 rings (SSSR count). The molecule has 5 heterocycles. The Kier molecular flexibility index (Phi) is 5.99. The van der Waals surface area contributed by atoms with Gasteiger partial charge < -0.3 is 9.97 Å². The van der Waals surface area contributed by atoms with Crippen molar-refractivity contribution >= 4 is 96.8 Å². The fourth-order valence-corrected chi connectivity index (χ4v) is 2.94. The lowest BCUT2D eigenvalue weighted by Crippen LogP contribution is -1.75. The molecule has 0 unspecified atom stereocenters. The maximum atomic E-state index is 4.63. The zero-order valence-corrected chi connectivity index (χ0v) is 19.3. The standard InChI is InChI=1S/C20H14N4.BBr3/c1-2-14-10-16-5-6-18(23-16)12-20-8-7-19(24-20)11-17-4-3-15(22-17)9-13(1)21-14;2-1(3)4/h1-12,21,24H;. The SMILES string of the molecule is BrB(Br)Br.C1=Cc2cc3ccc(cc4nc(cc5ccc(cc1n2)[nH]5)C=C4)[nH]3. The van der Waals surface area contributed by atoms with Gasteiger partial charge in [-0.05, 0) is 72.8 Å². The van der Waals surface area contributed by atoms with Crippen molar-refractivity contribution in [3.63, 3.8) is 0 Å². The quantitative estimate of drug-likeness (QED) is 0.204. The van der Waals surface area contributed by atoms with Gasteiger partial charge in [0.25, 0.3) is 0 Å². The zero-order valence-electron chi connectivity index (χ0n) is 14.5. The molecule has 0 atom stereocenters. The number of rotatable bonds is 0. The van der Waals surface area contributed by atoms with Gasteiger partial charge in [-0.25, -0.2) is 9.97 Å². The molecule has 0 spiro atoms. The lowest BCUT2D eigenvalue weighted by Gasteiger charge is -1.85. The van der Waals surface area contributed by atoms with Gasteiger partial charge in [-0.2, -0.15) is 0 Å². The summed E-state index contributed by atoms with van der Waals surface area (Å²) in [7, 11) is 0. The molecule has 3 aromatic heterocycles. The molecule has 0 fully saturated rings. The maximum Gasteiger partial charge on any atom is 0.369 e. The van der Waals surface area contributed by atoms with Crippen molar-refractivity contribution in [2.45, 2.75) is 0 Å². The molecule has 0 amide bonds. The van der Waals surface area contributed by atoms with Crippen molar-refractivity contribution in [2.24, 2.45) is 0 Å². The first-order chi connectivity index (χ1) is 13.5. The Hall–Kier alpha value is -1.90. The number of aromatic amines is 2. The fourth-order valence-electron chi connectivity index (χ4n) is 2.94. The van der Waals surface area contributed by atoms with Crippen LogP contribution >= 0.6 is 47.3 Å². The Morgan fingerprint density at radius 3 is 1.04 bits per heavy atom. The number of hydrogen-bond acceptors (Lipinski definition) is 2. The highest BCUT2D eigenvalue weighted by Gasteiger charge is 2.01. The summed E-state index contributed by atoms with van der Waals surface area (Å²) >= 11 is 9.31. The number of nitrogens with one attached hydrogen (secondary N) is 2. The van der Waals surface area contributed by atoms with Crippen LogP contribution in [0.15, 0.2) is 48.5 Å². The van der Waals surface area contributed by atoms with Crippen molar-refractivity contribution in [3.8, 4) is 0 Å². The van der Waals surface area contributed by atoms with Crippen molar-refractivity contribution in [1.82, 2.24) is 19.9 Å². The minimum atomic E-state index is 0.271. The Morgan fingerprint density at radius 1 is 0.536 bits per heavy atom. The van der Waals surface area contributed by atoms with Crippen LogP contribution in [-0.4, -0.2) is 23.1 Å². The first kappa shape index (κ1) is 19.4. The Balaban J connectivity index is 0.000000442. The van der Waals surface area contributed by atoms with Crippen LogP contribution in [-0.2, 0) is 0 Å². The van der Waals surface area contributed by atoms with Gasteiger partial charge >= 0.3 is 3.18 Å². The Morgan fingerprint density at radius 2 is 0.786 bits per heavy atom. The molecule has 2 aliphatic rings. The molecule has 8 heteroatoms. The molecular formula is C20H14BBr3N4. The topological polar surface area (TPSA) is 57.4 Å². The second kappa shape index (κ2) is 8.63. The summed E-state index contributed by atoms with van der Waals surface area (Å²) in [5, 5.41) is 0. The summed E-state index contributed by atoms with van der Waals surface area (Å²) in [4.78, 5) is 16.0. The third-order valence-electron chi connectivity index (χ3n) is 4.04. The molecule has 4 nitrogen and oxygen atoms in total. The number of H-pyrrole nitrogens is 2. The van der Waals surface area contributed by atoms with E-state index in [1.807, 2.05) is 48.6 Å². The summed E-state index contributed by atoms with van der Waals surface area (Å²) in [5.74, 6) is 0. The molecule has 28 heavy (non-hydrogen) atoms. The lowest BCUT2D eigenvalue weighted by atomic mass is 10.3. The van der Waals surface area contributed by atoms with Crippen LogP contribution in [0.2, 0.25) is 0 Å². The molecule has 2 N–H and O–H groups in total. The minimum absolute atomic E-state index is 0.271. The first-order valence-corrected chi connectivity index (χ1v) is 11.2. The van der Waals surface area contributed by atoms with Crippen LogP contribution < -0.4 is 0 Å². The van der Waals surface area contributed by atoms with E-state index >= 15 is 0 Å². The van der Waals surface area contributed by atoms with Crippen molar-refractivity contribution in [2.75, 3.05) is 0 Å². The van der Waals surface area contributed by atoms with E-state index in [1.165, 1.54) is 0 Å². The highest BCUT2D eigenvalue weighted by atomic mass is 79.9. The van der Waals surface area contributed by atoms with Gasteiger partial charge in [0.05, 0.1) is 22.8 Å². The van der Waals surface area contributed by atoms with Crippen molar-refractivity contribution in [3.05, 3.63) is 71.3 Å². The van der Waals surface area contributed by atoms with Crippen LogP contribution in [0.25, 0.3) is 46.4 Å². The summed E-state index contributed by atoms with van der Waals surface area (Å²) in [6, 6.07) is 16.4. The number of nitrogens with zero attached hydrogens (tertiary/aromatic N) is 2. The Bertz CT molecular complexity index is 1050. The molecule has 3 aromatic rings. The average molecular weight is 561 g/mol. The fraction of sp³-hybridized carbons (Fsp3) is 0. The zero-order chi connectivity index (χ0) is 19.5. The van der Waals surface area contributed by atoms with E-state index < -0.39 is 0 Å². The average Bonchev–Trinajstić information content (AvgIpc) is 3.39. The molecular weight excluding hydrogens is 547 g/mol. The minimum Gasteiger partial charge on any atom is -0.355 e. The number of fused-ring (bicyclic) bond motifs is 8. The van der Waals surface area contributed by atoms with Crippen LogP contribution in [0.3, 0.4) is 0 Å². The van der Waals surface area contributed by atoms with Gasteiger partial charge in [-0.3, -0.25) is 0 Å². The molecule has 138 valence electrons. The summed E-state index contributed by atoms with van der Waals surface area (Å²) in [5.41, 5.74) is 7.86. The number of aromatic nitrogens is 4. The summed E-state index contributed by atoms with van der Waals surface area (Å²) < 4.78 is 0.271. The maximum absolute atomic E-state index is 4.63. The van der Waals surface area contributed by atoms with Gasteiger partial charge in [-0.1, -0.05) is 0 Å². The highest BCUT2D eigenvalue weighted by molar-refractivity contribution is 9.69. The van der Waals surface area contributed by atoms with Crippen molar-refractivity contribution < 1.29 is 0 Å². The van der Waals surface area contributed by atoms with Gasteiger partial charge in [-0.15, -0.1) is 47.3 Å². The van der Waals surface area contributed by atoms with Gasteiger partial charge in [0.15, 0.2) is 0 Å². The Labute approximate surface area is 187 Å². The molecule has 2 aliphatic heterocycles. The van der Waals surface area contributed by atoms with E-state index in [9.17, 15) is 0 Å². The molecule has 0 aromatic carbocycles. The summed E-state index contributed by atoms with van der Waals surface area (Å²) in [6.07, 6.45) is 8.09. The van der Waals surface area contributed by atoms with Crippen LogP contribution in [0.4, 0.5) is 0 Å². The second-order valence-electron chi connectivity index (χ2n) is 6.15. The largest absolute Gasteiger partial charge is 0.369 e. The van der Waals surface area contributed by atoms with Crippen LogP contribution in [0.5, 0.6) is 0 Å². The summed E-state index contributed by atoms with van der Waals surface area (Å²) in [6.45, 7) is 0. The smallest absolute Gasteiger partial charge is 0.355 e. The van der Waals surface area contributed by atoms with Crippen molar-refractivity contribution in [1.29, 1.82) is 0 Å². The molecule has 8 bridgehead atoms. The van der Waals surface area contributed by atoms with Gasteiger partial charge in [0, 0.05) is 22.1 Å². The van der Waals surface area contributed by atoms with E-state index in [0.29, 0.717) is 0 Å². The number of hydrogen-bond donors (Lipinski definition) is 2. The van der Waals surface area contributed by atoms with E-state index in [0.717, 1.165) is 44.8 Å². The normalized spacial score (nSPS) is 11.8. The number of halogens is 3. The van der Waals surface area contributed by atoms with Crippen LogP contribution in [0, 0.1) is 0 Å². The molecule has 0 saturated carbocycles. The molecule has 0 saturated heterocycles. The van der Waals surface area contributed by atoms with Crippen LogP contribution in [0.1, 0.15) is 22.8 Å². The van der Waals surface area contributed by atoms with E-state index in [4.69, 9.17) is 0 Å².